The molecule has 0 saturated carbocycles. The summed E-state index contributed by atoms with van der Waals surface area (Å²) < 4.78 is 4.49. The van der Waals surface area contributed by atoms with Crippen LogP contribution in [0.25, 0.3) is 0 Å². The second kappa shape index (κ2) is 5.36. The van der Waals surface area contributed by atoms with Crippen LogP contribution in [0.4, 0.5) is 5.69 Å². The van der Waals surface area contributed by atoms with Gasteiger partial charge in [-0.2, -0.15) is 5.10 Å². The van der Waals surface area contributed by atoms with E-state index in [9.17, 15) is 4.79 Å². The zero-order valence-electron chi connectivity index (χ0n) is 8.45. The van der Waals surface area contributed by atoms with E-state index in [2.05, 4.69) is 15.3 Å². The molecule has 80 valence electrons. The molecule has 0 amide bonds. The molecule has 1 aromatic rings. The van der Waals surface area contributed by atoms with E-state index < -0.39 is 5.97 Å². The fourth-order valence-electron chi connectivity index (χ4n) is 0.866. The predicted octanol–water partition coefficient (Wildman–Crippen LogP) is 2.30. The van der Waals surface area contributed by atoms with Gasteiger partial charge in [-0.05, 0) is 31.2 Å². The lowest BCUT2D eigenvalue weighted by atomic mass is 10.3. The van der Waals surface area contributed by atoms with Gasteiger partial charge in [0.15, 0.2) is 0 Å². The van der Waals surface area contributed by atoms with E-state index in [0.717, 1.165) is 5.69 Å². The average Bonchev–Trinajstić information content (AvgIpc) is 2.26. The van der Waals surface area contributed by atoms with Gasteiger partial charge in [0.2, 0.25) is 0 Å². The normalized spacial score (nSPS) is 11.0. The van der Waals surface area contributed by atoms with Gasteiger partial charge < -0.3 is 4.74 Å². The Kier molecular flexibility index (Phi) is 4.12. The smallest absolute Gasteiger partial charge is 0.353 e. The van der Waals surface area contributed by atoms with Gasteiger partial charge in [0.1, 0.15) is 5.71 Å². The summed E-state index contributed by atoms with van der Waals surface area (Å²) >= 11 is 5.71. The Labute approximate surface area is 92.9 Å². The minimum atomic E-state index is -0.462. The lowest BCUT2D eigenvalue weighted by Crippen LogP contribution is -2.13. The Balaban J connectivity index is 2.63. The summed E-state index contributed by atoms with van der Waals surface area (Å²) in [5, 5.41) is 4.49. The minimum Gasteiger partial charge on any atom is -0.464 e. The van der Waals surface area contributed by atoms with Crippen molar-refractivity contribution in [3.63, 3.8) is 0 Å². The standard InChI is InChI=1S/C10H11ClN2O2/c1-7(10(14)15-2)12-13-9-5-3-8(11)4-6-9/h3-6,13H,1-2H3/b12-7+. The summed E-state index contributed by atoms with van der Waals surface area (Å²) in [5.74, 6) is -0.462. The molecule has 0 bridgehead atoms. The van der Waals surface area contributed by atoms with Crippen molar-refractivity contribution in [1.82, 2.24) is 0 Å². The Hall–Kier alpha value is -1.55. The lowest BCUT2D eigenvalue weighted by Gasteiger charge is -2.01. The molecule has 0 aliphatic rings. The minimum absolute atomic E-state index is 0.257. The van der Waals surface area contributed by atoms with Crippen LogP contribution in [-0.2, 0) is 9.53 Å². The first-order chi connectivity index (χ1) is 7.13. The molecule has 0 aliphatic heterocycles. The van der Waals surface area contributed by atoms with Crippen LogP contribution in [0.5, 0.6) is 0 Å². The van der Waals surface area contributed by atoms with Gasteiger partial charge >= 0.3 is 5.97 Å². The van der Waals surface area contributed by atoms with Crippen molar-refractivity contribution in [2.75, 3.05) is 12.5 Å². The monoisotopic (exact) mass is 226 g/mol. The van der Waals surface area contributed by atoms with Gasteiger partial charge in [0, 0.05) is 5.02 Å². The average molecular weight is 227 g/mol. The van der Waals surface area contributed by atoms with E-state index in [-0.39, 0.29) is 5.71 Å². The van der Waals surface area contributed by atoms with Crippen molar-refractivity contribution in [2.45, 2.75) is 6.92 Å². The summed E-state index contributed by atoms with van der Waals surface area (Å²) in [4.78, 5) is 11.0. The molecule has 15 heavy (non-hydrogen) atoms. The molecule has 1 rings (SSSR count). The van der Waals surface area contributed by atoms with E-state index in [1.54, 1.807) is 31.2 Å². The highest BCUT2D eigenvalue weighted by Crippen LogP contribution is 2.13. The first-order valence-corrected chi connectivity index (χ1v) is 4.65. The number of hydrogen-bond donors (Lipinski definition) is 1. The third-order valence-electron chi connectivity index (χ3n) is 1.68. The van der Waals surface area contributed by atoms with Crippen molar-refractivity contribution in [2.24, 2.45) is 5.10 Å². The molecule has 0 aromatic heterocycles. The Bertz CT molecular complexity index is 374. The second-order valence-corrected chi connectivity index (χ2v) is 3.24. The maximum atomic E-state index is 11.0. The van der Waals surface area contributed by atoms with Crippen LogP contribution in [0.3, 0.4) is 0 Å². The molecular formula is C10H11ClN2O2. The van der Waals surface area contributed by atoms with Gasteiger partial charge in [-0.15, -0.1) is 0 Å². The lowest BCUT2D eigenvalue weighted by molar-refractivity contribution is -0.132. The fraction of sp³-hybridized carbons (Fsp3) is 0.200. The zero-order valence-corrected chi connectivity index (χ0v) is 9.21. The Morgan fingerprint density at radius 2 is 2.00 bits per heavy atom. The van der Waals surface area contributed by atoms with Gasteiger partial charge in [-0.1, -0.05) is 11.6 Å². The molecule has 1 N–H and O–H groups in total. The summed E-state index contributed by atoms with van der Waals surface area (Å²) in [7, 11) is 1.31. The van der Waals surface area contributed by atoms with E-state index in [4.69, 9.17) is 11.6 Å². The number of anilines is 1. The number of nitrogens with zero attached hydrogens (tertiary/aromatic N) is 1. The number of esters is 1. The van der Waals surface area contributed by atoms with Crippen molar-refractivity contribution < 1.29 is 9.53 Å². The number of rotatable bonds is 3. The number of carbonyl (C=O) groups is 1. The number of halogens is 1. The quantitative estimate of drug-likeness (QED) is 0.489. The molecular weight excluding hydrogens is 216 g/mol. The number of hydrogen-bond acceptors (Lipinski definition) is 4. The van der Waals surface area contributed by atoms with E-state index in [1.165, 1.54) is 7.11 Å². The predicted molar refractivity (Wildman–Crippen MR) is 60.2 cm³/mol. The molecule has 4 nitrogen and oxygen atoms in total. The molecule has 5 heteroatoms. The number of methoxy groups -OCH3 is 1. The summed E-state index contributed by atoms with van der Waals surface area (Å²) in [5.41, 5.74) is 3.72. The van der Waals surface area contributed by atoms with Crippen LogP contribution in [0.15, 0.2) is 29.4 Å². The second-order valence-electron chi connectivity index (χ2n) is 2.81. The Morgan fingerprint density at radius 3 is 2.53 bits per heavy atom. The number of ether oxygens (including phenoxy) is 1. The maximum absolute atomic E-state index is 11.0. The molecule has 1 aromatic carbocycles. The number of carbonyl (C=O) groups excluding carboxylic acids is 1. The number of hydrazone groups is 1. The van der Waals surface area contributed by atoms with E-state index in [0.29, 0.717) is 5.02 Å². The van der Waals surface area contributed by atoms with Crippen molar-refractivity contribution in [3.05, 3.63) is 29.3 Å². The molecule has 0 heterocycles. The fourth-order valence-corrected chi connectivity index (χ4v) is 0.992. The van der Waals surface area contributed by atoms with Crippen molar-refractivity contribution in [1.29, 1.82) is 0 Å². The number of nitrogens with one attached hydrogen (secondary N) is 1. The molecule has 0 saturated heterocycles. The molecule has 0 radical (unpaired) electrons. The van der Waals surface area contributed by atoms with Crippen LogP contribution in [0.2, 0.25) is 5.02 Å². The zero-order chi connectivity index (χ0) is 11.3. The SMILES string of the molecule is COC(=O)/C(C)=N/Nc1ccc(Cl)cc1. The topological polar surface area (TPSA) is 50.7 Å². The van der Waals surface area contributed by atoms with Gasteiger partial charge in [0.25, 0.3) is 0 Å². The van der Waals surface area contributed by atoms with Crippen LogP contribution in [0, 0.1) is 0 Å². The maximum Gasteiger partial charge on any atom is 0.353 e. The van der Waals surface area contributed by atoms with Crippen molar-refractivity contribution in [3.8, 4) is 0 Å². The highest BCUT2D eigenvalue weighted by molar-refractivity contribution is 6.35. The van der Waals surface area contributed by atoms with Gasteiger partial charge in [-0.3, -0.25) is 5.43 Å². The highest BCUT2D eigenvalue weighted by Gasteiger charge is 2.03. The van der Waals surface area contributed by atoms with E-state index in [1.807, 2.05) is 0 Å². The first-order valence-electron chi connectivity index (χ1n) is 4.27. The molecule has 0 atom stereocenters. The van der Waals surface area contributed by atoms with Crippen LogP contribution in [-0.4, -0.2) is 18.8 Å². The molecule has 0 spiro atoms. The van der Waals surface area contributed by atoms with Crippen LogP contribution < -0.4 is 5.43 Å². The summed E-state index contributed by atoms with van der Waals surface area (Å²) in [6.45, 7) is 1.56. The highest BCUT2D eigenvalue weighted by atomic mass is 35.5. The van der Waals surface area contributed by atoms with Gasteiger partial charge in [-0.25, -0.2) is 4.79 Å². The summed E-state index contributed by atoms with van der Waals surface area (Å²) in [6.07, 6.45) is 0. The first kappa shape index (κ1) is 11.5. The van der Waals surface area contributed by atoms with Crippen molar-refractivity contribution >= 4 is 29.0 Å². The molecule has 0 aliphatic carbocycles. The van der Waals surface area contributed by atoms with Gasteiger partial charge in [0.05, 0.1) is 12.8 Å². The Morgan fingerprint density at radius 1 is 1.40 bits per heavy atom. The molecule has 0 fully saturated rings. The van der Waals surface area contributed by atoms with E-state index >= 15 is 0 Å². The third kappa shape index (κ3) is 3.59. The van der Waals surface area contributed by atoms with Crippen LogP contribution >= 0.6 is 11.6 Å². The number of benzene rings is 1. The molecule has 0 unspecified atom stereocenters. The van der Waals surface area contributed by atoms with Crippen LogP contribution in [0.1, 0.15) is 6.92 Å². The summed E-state index contributed by atoms with van der Waals surface area (Å²) in [6, 6.07) is 6.98. The largest absolute Gasteiger partial charge is 0.464 e. The third-order valence-corrected chi connectivity index (χ3v) is 1.93.